The third-order valence-corrected chi connectivity index (χ3v) is 5.17. The lowest BCUT2D eigenvalue weighted by Gasteiger charge is -2.28. The van der Waals surface area contributed by atoms with Gasteiger partial charge in [-0.05, 0) is 12.8 Å². The minimum Gasteiger partial charge on any atom is -0.332 e. The molecule has 3 heteroatoms. The SMILES string of the molecule is CCCCCCCCCCCCOC[N+](C)(C)COCCCCCCCC. The average Bonchev–Trinajstić information content (AvgIpc) is 2.64. The second-order valence-electron chi connectivity index (χ2n) is 8.96. The van der Waals surface area contributed by atoms with E-state index in [-0.39, 0.29) is 0 Å². The molecule has 0 amide bonds. The Morgan fingerprint density at radius 1 is 0.444 bits per heavy atom. The summed E-state index contributed by atoms with van der Waals surface area (Å²) in [6.45, 7) is 7.86. The summed E-state index contributed by atoms with van der Waals surface area (Å²) in [4.78, 5) is 0. The topological polar surface area (TPSA) is 18.5 Å². The minimum atomic E-state index is 0.757. The standard InChI is InChI=1S/C24H52NO2/c1-5-7-9-11-13-14-15-16-18-20-22-27-24-25(3,4)23-26-21-19-17-12-10-8-6-2/h5-24H2,1-4H3/q+1. The quantitative estimate of drug-likeness (QED) is 0.110. The molecule has 0 saturated carbocycles. The van der Waals surface area contributed by atoms with Crippen molar-refractivity contribution in [2.45, 2.75) is 117 Å². The van der Waals surface area contributed by atoms with Crippen molar-refractivity contribution < 1.29 is 14.0 Å². The molecule has 0 N–H and O–H groups in total. The maximum absolute atomic E-state index is 5.89. The van der Waals surface area contributed by atoms with E-state index in [4.69, 9.17) is 9.47 Å². The second kappa shape index (κ2) is 20.6. The number of quaternary nitrogens is 1. The first-order valence-corrected chi connectivity index (χ1v) is 12.1. The minimum absolute atomic E-state index is 0.757. The van der Waals surface area contributed by atoms with Crippen molar-refractivity contribution in [3.8, 4) is 0 Å². The zero-order valence-electron chi connectivity index (χ0n) is 19.4. The fourth-order valence-corrected chi connectivity index (χ4v) is 3.34. The Morgan fingerprint density at radius 2 is 0.741 bits per heavy atom. The van der Waals surface area contributed by atoms with Crippen LogP contribution in [0.1, 0.15) is 117 Å². The first kappa shape index (κ1) is 26.9. The van der Waals surface area contributed by atoms with Gasteiger partial charge in [-0.25, -0.2) is 0 Å². The number of unbranched alkanes of at least 4 members (excludes halogenated alkanes) is 14. The maximum Gasteiger partial charge on any atom is 0.184 e. The predicted molar refractivity (Wildman–Crippen MR) is 119 cm³/mol. The van der Waals surface area contributed by atoms with Crippen molar-refractivity contribution in [3.63, 3.8) is 0 Å². The molecular weight excluding hydrogens is 334 g/mol. The van der Waals surface area contributed by atoms with Crippen molar-refractivity contribution in [1.29, 1.82) is 0 Å². The molecule has 3 nitrogen and oxygen atoms in total. The van der Waals surface area contributed by atoms with Crippen molar-refractivity contribution in [3.05, 3.63) is 0 Å². The molecule has 0 bridgehead atoms. The molecule has 0 spiro atoms. The summed E-state index contributed by atoms with van der Waals surface area (Å²) >= 11 is 0. The Labute approximate surface area is 171 Å². The molecule has 0 atom stereocenters. The van der Waals surface area contributed by atoms with Gasteiger partial charge in [-0.1, -0.05) is 104 Å². The van der Waals surface area contributed by atoms with Crippen LogP contribution in [0.5, 0.6) is 0 Å². The Kier molecular flexibility index (Phi) is 20.5. The van der Waals surface area contributed by atoms with E-state index in [1.54, 1.807) is 0 Å². The molecule has 0 aliphatic heterocycles. The molecule has 0 aromatic heterocycles. The van der Waals surface area contributed by atoms with E-state index in [1.165, 1.54) is 103 Å². The first-order chi connectivity index (χ1) is 13.1. The Hall–Kier alpha value is -0.120. The van der Waals surface area contributed by atoms with Gasteiger partial charge in [-0.15, -0.1) is 0 Å². The van der Waals surface area contributed by atoms with E-state index < -0.39 is 0 Å². The normalized spacial score (nSPS) is 12.0. The van der Waals surface area contributed by atoms with Crippen LogP contribution in [0, 0.1) is 0 Å². The molecule has 0 fully saturated rings. The largest absolute Gasteiger partial charge is 0.332 e. The van der Waals surface area contributed by atoms with Gasteiger partial charge >= 0.3 is 0 Å². The van der Waals surface area contributed by atoms with E-state index in [2.05, 4.69) is 27.9 Å². The van der Waals surface area contributed by atoms with E-state index in [0.29, 0.717) is 0 Å². The Morgan fingerprint density at radius 3 is 1.07 bits per heavy atom. The molecule has 0 unspecified atom stereocenters. The highest BCUT2D eigenvalue weighted by molar-refractivity contribution is 4.47. The van der Waals surface area contributed by atoms with Gasteiger partial charge in [0.2, 0.25) is 0 Å². The van der Waals surface area contributed by atoms with Crippen LogP contribution >= 0.6 is 0 Å². The molecule has 0 heterocycles. The van der Waals surface area contributed by atoms with Gasteiger partial charge in [0.05, 0.1) is 27.3 Å². The number of hydrogen-bond acceptors (Lipinski definition) is 2. The van der Waals surface area contributed by atoms with Gasteiger partial charge in [0, 0.05) is 0 Å². The molecular formula is C24H52NO2+. The maximum atomic E-state index is 5.89. The van der Waals surface area contributed by atoms with Gasteiger partial charge in [0.1, 0.15) is 0 Å². The molecule has 0 aliphatic carbocycles. The fourth-order valence-electron chi connectivity index (χ4n) is 3.34. The van der Waals surface area contributed by atoms with Gasteiger partial charge in [-0.2, -0.15) is 0 Å². The van der Waals surface area contributed by atoms with Crippen molar-refractivity contribution in [1.82, 2.24) is 0 Å². The van der Waals surface area contributed by atoms with E-state index in [0.717, 1.165) is 31.2 Å². The summed E-state index contributed by atoms with van der Waals surface area (Å²) in [6.07, 6.45) is 21.7. The average molecular weight is 387 g/mol. The molecule has 0 saturated heterocycles. The molecule has 27 heavy (non-hydrogen) atoms. The van der Waals surface area contributed by atoms with Crippen LogP contribution in [0.25, 0.3) is 0 Å². The summed E-state index contributed by atoms with van der Waals surface area (Å²) in [5.74, 6) is 0. The summed E-state index contributed by atoms with van der Waals surface area (Å²) < 4.78 is 12.5. The predicted octanol–water partition coefficient (Wildman–Crippen LogP) is 7.29. The monoisotopic (exact) mass is 386 g/mol. The van der Waals surface area contributed by atoms with Crippen LogP contribution in [0.15, 0.2) is 0 Å². The Bertz CT molecular complexity index is 282. The zero-order chi connectivity index (χ0) is 20.1. The van der Waals surface area contributed by atoms with Crippen LogP contribution in [0.4, 0.5) is 0 Å². The van der Waals surface area contributed by atoms with Gasteiger partial charge in [0.25, 0.3) is 0 Å². The molecule has 0 rings (SSSR count). The van der Waals surface area contributed by atoms with Crippen LogP contribution in [0.3, 0.4) is 0 Å². The highest BCUT2D eigenvalue weighted by atomic mass is 16.5. The number of hydrogen-bond donors (Lipinski definition) is 0. The number of rotatable bonds is 22. The molecule has 0 aromatic carbocycles. The second-order valence-corrected chi connectivity index (χ2v) is 8.96. The first-order valence-electron chi connectivity index (χ1n) is 12.1. The van der Waals surface area contributed by atoms with Crippen molar-refractivity contribution in [2.24, 2.45) is 0 Å². The van der Waals surface area contributed by atoms with Gasteiger partial charge in [0.15, 0.2) is 13.5 Å². The van der Waals surface area contributed by atoms with Crippen LogP contribution in [0.2, 0.25) is 0 Å². The third kappa shape index (κ3) is 22.0. The van der Waals surface area contributed by atoms with Gasteiger partial charge in [-0.3, -0.25) is 4.48 Å². The van der Waals surface area contributed by atoms with E-state index in [9.17, 15) is 0 Å². The van der Waals surface area contributed by atoms with Crippen LogP contribution in [-0.2, 0) is 9.47 Å². The summed E-state index contributed by atoms with van der Waals surface area (Å²) in [7, 11) is 4.39. The smallest absolute Gasteiger partial charge is 0.184 e. The molecule has 0 radical (unpaired) electrons. The highest BCUT2D eigenvalue weighted by Crippen LogP contribution is 2.11. The summed E-state index contributed by atoms with van der Waals surface area (Å²) in [5, 5.41) is 0. The summed E-state index contributed by atoms with van der Waals surface area (Å²) in [6, 6.07) is 0. The number of ether oxygens (including phenoxy) is 2. The Balaban J connectivity index is 3.30. The van der Waals surface area contributed by atoms with Crippen molar-refractivity contribution >= 4 is 0 Å². The zero-order valence-corrected chi connectivity index (χ0v) is 19.4. The lowest BCUT2D eigenvalue weighted by atomic mass is 10.1. The highest BCUT2D eigenvalue weighted by Gasteiger charge is 2.14. The third-order valence-electron chi connectivity index (χ3n) is 5.17. The van der Waals surface area contributed by atoms with Crippen molar-refractivity contribution in [2.75, 3.05) is 40.8 Å². The lowest BCUT2D eigenvalue weighted by molar-refractivity contribution is -0.927. The van der Waals surface area contributed by atoms with Crippen LogP contribution in [-0.4, -0.2) is 45.3 Å². The fraction of sp³-hybridized carbons (Fsp3) is 1.00. The summed E-state index contributed by atoms with van der Waals surface area (Å²) in [5.41, 5.74) is 0. The van der Waals surface area contributed by atoms with Crippen LogP contribution < -0.4 is 0 Å². The van der Waals surface area contributed by atoms with Gasteiger partial charge < -0.3 is 9.47 Å². The van der Waals surface area contributed by atoms with E-state index >= 15 is 0 Å². The molecule has 0 aliphatic rings. The molecule has 164 valence electrons. The lowest BCUT2D eigenvalue weighted by Crippen LogP contribution is -2.43. The molecule has 0 aromatic rings. The van der Waals surface area contributed by atoms with E-state index in [1.807, 2.05) is 0 Å². The number of nitrogens with zero attached hydrogens (tertiary/aromatic N) is 1.